The summed E-state index contributed by atoms with van der Waals surface area (Å²) in [6.07, 6.45) is 5.63. The number of nitrogens with one attached hydrogen (secondary N) is 2. The lowest BCUT2D eigenvalue weighted by molar-refractivity contribution is 0.0778. The fourth-order valence-electron chi connectivity index (χ4n) is 3.09. The Hall–Kier alpha value is -0.890. The molecule has 0 radical (unpaired) electrons. The molecule has 1 saturated carbocycles. The van der Waals surface area contributed by atoms with E-state index in [1.165, 1.54) is 25.3 Å². The van der Waals surface area contributed by atoms with Crippen LogP contribution >= 0.6 is 24.0 Å². The van der Waals surface area contributed by atoms with Crippen LogP contribution in [0.15, 0.2) is 29.3 Å². The van der Waals surface area contributed by atoms with Gasteiger partial charge in [0.25, 0.3) is 0 Å². The molecule has 0 unspecified atom stereocenters. The fourth-order valence-corrected chi connectivity index (χ4v) is 3.09. The van der Waals surface area contributed by atoms with E-state index in [4.69, 9.17) is 9.73 Å². The Morgan fingerprint density at radius 2 is 2.12 bits per heavy atom. The zero-order valence-electron chi connectivity index (χ0n) is 15.3. The Labute approximate surface area is 168 Å². The molecule has 0 heterocycles. The standard InChI is InChI=1S/C19H30FN3O.HI/c1-3-21-18(22-12-8-16-6-4-7-17(20)14-16)23-15-19(9-5-10-19)11-13-24-2;/h4,6-7,14H,3,5,8-13,15H2,1-2H3,(H2,21,22,23);1H. The Bertz CT molecular complexity index is 535. The van der Waals surface area contributed by atoms with Crippen LogP contribution in [0.1, 0.15) is 38.2 Å². The number of aliphatic imine (C=N–C) groups is 1. The van der Waals surface area contributed by atoms with Gasteiger partial charge in [0.15, 0.2) is 5.96 Å². The molecule has 0 atom stereocenters. The quantitative estimate of drug-likeness (QED) is 0.333. The summed E-state index contributed by atoms with van der Waals surface area (Å²) in [5.41, 5.74) is 1.31. The van der Waals surface area contributed by atoms with E-state index in [1.807, 2.05) is 6.07 Å². The fraction of sp³-hybridized carbons (Fsp3) is 0.632. The zero-order valence-corrected chi connectivity index (χ0v) is 17.6. The highest BCUT2D eigenvalue weighted by molar-refractivity contribution is 14.0. The van der Waals surface area contributed by atoms with Gasteiger partial charge in [0, 0.05) is 33.4 Å². The average molecular weight is 463 g/mol. The third kappa shape index (κ3) is 7.48. The van der Waals surface area contributed by atoms with Crippen molar-refractivity contribution >= 4 is 29.9 Å². The number of methoxy groups -OCH3 is 1. The van der Waals surface area contributed by atoms with Crippen LogP contribution in [0.5, 0.6) is 0 Å². The van der Waals surface area contributed by atoms with Crippen molar-refractivity contribution in [1.82, 2.24) is 10.6 Å². The monoisotopic (exact) mass is 463 g/mol. The molecule has 142 valence electrons. The molecular formula is C19H31FIN3O. The molecule has 0 aliphatic heterocycles. The first-order valence-electron chi connectivity index (χ1n) is 8.93. The normalized spacial score (nSPS) is 15.9. The predicted molar refractivity (Wildman–Crippen MR) is 112 cm³/mol. The van der Waals surface area contributed by atoms with Gasteiger partial charge in [-0.1, -0.05) is 18.6 Å². The summed E-state index contributed by atoms with van der Waals surface area (Å²) in [6, 6.07) is 6.75. The first-order valence-corrected chi connectivity index (χ1v) is 8.93. The van der Waals surface area contributed by atoms with Crippen molar-refractivity contribution in [2.75, 3.05) is 33.4 Å². The van der Waals surface area contributed by atoms with Crippen molar-refractivity contribution in [2.24, 2.45) is 10.4 Å². The van der Waals surface area contributed by atoms with E-state index in [1.54, 1.807) is 19.2 Å². The summed E-state index contributed by atoms with van der Waals surface area (Å²) in [4.78, 5) is 4.77. The van der Waals surface area contributed by atoms with E-state index in [0.29, 0.717) is 5.41 Å². The molecule has 1 aromatic carbocycles. The SMILES string of the molecule is CCNC(=NCC1(CCOC)CCC1)NCCc1cccc(F)c1.I. The number of benzene rings is 1. The van der Waals surface area contributed by atoms with Gasteiger partial charge in [-0.25, -0.2) is 4.39 Å². The number of hydrogen-bond acceptors (Lipinski definition) is 2. The number of hydrogen-bond donors (Lipinski definition) is 2. The lowest BCUT2D eigenvalue weighted by Gasteiger charge is -2.40. The molecule has 0 saturated heterocycles. The summed E-state index contributed by atoms with van der Waals surface area (Å²) in [6.45, 7) is 5.27. The average Bonchev–Trinajstić information content (AvgIpc) is 2.53. The van der Waals surface area contributed by atoms with Crippen molar-refractivity contribution in [3.8, 4) is 0 Å². The second-order valence-electron chi connectivity index (χ2n) is 6.60. The Balaban J connectivity index is 0.00000312. The minimum Gasteiger partial charge on any atom is -0.385 e. The Morgan fingerprint density at radius 3 is 2.72 bits per heavy atom. The van der Waals surface area contributed by atoms with Gasteiger partial charge < -0.3 is 15.4 Å². The zero-order chi connectivity index (χ0) is 17.3. The molecule has 25 heavy (non-hydrogen) atoms. The van der Waals surface area contributed by atoms with Crippen molar-refractivity contribution in [2.45, 2.75) is 39.0 Å². The Kier molecular flexibility index (Phi) is 10.3. The summed E-state index contributed by atoms with van der Waals surface area (Å²) in [7, 11) is 1.76. The van der Waals surface area contributed by atoms with Crippen LogP contribution < -0.4 is 10.6 Å². The lowest BCUT2D eigenvalue weighted by Crippen LogP contribution is -2.41. The molecule has 1 aliphatic carbocycles. The summed E-state index contributed by atoms with van der Waals surface area (Å²) in [5.74, 6) is 0.663. The van der Waals surface area contributed by atoms with Gasteiger partial charge in [0.05, 0.1) is 0 Å². The van der Waals surface area contributed by atoms with Gasteiger partial charge in [-0.15, -0.1) is 24.0 Å². The molecule has 2 rings (SSSR count). The van der Waals surface area contributed by atoms with Crippen molar-refractivity contribution in [1.29, 1.82) is 0 Å². The van der Waals surface area contributed by atoms with Crippen LogP contribution in [0, 0.1) is 11.2 Å². The molecule has 1 aromatic rings. The summed E-state index contributed by atoms with van der Waals surface area (Å²) >= 11 is 0. The molecule has 2 N–H and O–H groups in total. The van der Waals surface area contributed by atoms with E-state index < -0.39 is 0 Å². The molecule has 6 heteroatoms. The minimum atomic E-state index is -0.182. The topological polar surface area (TPSA) is 45.7 Å². The van der Waals surface area contributed by atoms with E-state index in [9.17, 15) is 4.39 Å². The molecule has 0 bridgehead atoms. The lowest BCUT2D eigenvalue weighted by atomic mass is 9.67. The molecule has 0 spiro atoms. The van der Waals surface area contributed by atoms with Gasteiger partial charge in [-0.05, 0) is 55.7 Å². The number of guanidine groups is 1. The van der Waals surface area contributed by atoms with Gasteiger partial charge in [0.1, 0.15) is 5.82 Å². The first-order chi connectivity index (χ1) is 11.7. The van der Waals surface area contributed by atoms with Crippen molar-refractivity contribution in [3.63, 3.8) is 0 Å². The maximum absolute atomic E-state index is 13.2. The number of nitrogens with zero attached hydrogens (tertiary/aromatic N) is 1. The van der Waals surface area contributed by atoms with Crippen LogP contribution in [0.2, 0.25) is 0 Å². The third-order valence-electron chi connectivity index (χ3n) is 4.76. The van der Waals surface area contributed by atoms with Crippen molar-refractivity contribution in [3.05, 3.63) is 35.6 Å². The molecular weight excluding hydrogens is 432 g/mol. The molecule has 1 aliphatic rings. The maximum Gasteiger partial charge on any atom is 0.191 e. The highest BCUT2D eigenvalue weighted by Crippen LogP contribution is 2.44. The van der Waals surface area contributed by atoms with Crippen LogP contribution in [-0.4, -0.2) is 39.3 Å². The second kappa shape index (κ2) is 11.7. The van der Waals surface area contributed by atoms with Gasteiger partial charge in [-0.3, -0.25) is 4.99 Å². The summed E-state index contributed by atoms with van der Waals surface area (Å²) in [5, 5.41) is 6.64. The van der Waals surface area contributed by atoms with Crippen LogP contribution in [-0.2, 0) is 11.2 Å². The highest BCUT2D eigenvalue weighted by Gasteiger charge is 2.36. The van der Waals surface area contributed by atoms with Crippen LogP contribution in [0.3, 0.4) is 0 Å². The van der Waals surface area contributed by atoms with Gasteiger partial charge in [0.2, 0.25) is 0 Å². The molecule has 0 amide bonds. The summed E-state index contributed by atoms with van der Waals surface area (Å²) < 4.78 is 18.4. The van der Waals surface area contributed by atoms with Crippen LogP contribution in [0.25, 0.3) is 0 Å². The number of rotatable bonds is 9. The van der Waals surface area contributed by atoms with Gasteiger partial charge >= 0.3 is 0 Å². The second-order valence-corrected chi connectivity index (χ2v) is 6.60. The van der Waals surface area contributed by atoms with Crippen molar-refractivity contribution < 1.29 is 9.13 Å². The third-order valence-corrected chi connectivity index (χ3v) is 4.76. The van der Waals surface area contributed by atoms with E-state index in [2.05, 4.69) is 17.6 Å². The number of ether oxygens (including phenoxy) is 1. The van der Waals surface area contributed by atoms with E-state index in [-0.39, 0.29) is 29.8 Å². The molecule has 1 fully saturated rings. The maximum atomic E-state index is 13.2. The van der Waals surface area contributed by atoms with Gasteiger partial charge in [-0.2, -0.15) is 0 Å². The predicted octanol–water partition coefficient (Wildman–Crippen LogP) is 3.75. The smallest absolute Gasteiger partial charge is 0.191 e. The van der Waals surface area contributed by atoms with Crippen LogP contribution in [0.4, 0.5) is 4.39 Å². The van der Waals surface area contributed by atoms with E-state index in [0.717, 1.165) is 50.6 Å². The Morgan fingerprint density at radius 1 is 1.32 bits per heavy atom. The molecule has 0 aromatic heterocycles. The number of halogens is 2. The largest absolute Gasteiger partial charge is 0.385 e. The minimum absolute atomic E-state index is 0. The first kappa shape index (κ1) is 22.2. The molecule has 4 nitrogen and oxygen atoms in total. The highest BCUT2D eigenvalue weighted by atomic mass is 127. The van der Waals surface area contributed by atoms with E-state index >= 15 is 0 Å².